The summed E-state index contributed by atoms with van der Waals surface area (Å²) in [7, 11) is 0. The molecule has 1 aliphatic rings. The Hall–Kier alpha value is -5.04. The molecule has 10 heteroatoms. The molecule has 3 aromatic rings. The van der Waals surface area contributed by atoms with Crippen molar-refractivity contribution in [2.24, 2.45) is 5.73 Å². The molecule has 1 atom stereocenters. The molecule has 0 saturated heterocycles. The van der Waals surface area contributed by atoms with Crippen molar-refractivity contribution in [3.63, 3.8) is 0 Å². The number of esters is 1. The Morgan fingerprint density at radius 2 is 1.84 bits per heavy atom. The number of nitro benzene ring substituents is 1. The van der Waals surface area contributed by atoms with E-state index in [0.717, 1.165) is 12.0 Å². The first-order chi connectivity index (χ1) is 17.9. The van der Waals surface area contributed by atoms with Crippen LogP contribution in [0.15, 0.2) is 78.2 Å². The molecule has 0 radical (unpaired) electrons. The van der Waals surface area contributed by atoms with Crippen molar-refractivity contribution >= 4 is 11.7 Å². The SMILES string of the molecule is CCCOc1cccc(C2C(C#N)=C(N)Oc3cc(OC(=O)COc4ccc([N+](=O)[O-])cc4)ccc32)c1. The van der Waals surface area contributed by atoms with Crippen LogP contribution in [0.3, 0.4) is 0 Å². The first-order valence-corrected chi connectivity index (χ1v) is 11.4. The van der Waals surface area contributed by atoms with E-state index in [1.54, 1.807) is 12.1 Å². The number of hydrogen-bond donors (Lipinski definition) is 1. The van der Waals surface area contributed by atoms with Crippen LogP contribution in [0, 0.1) is 21.4 Å². The second-order valence-corrected chi connectivity index (χ2v) is 8.06. The maximum absolute atomic E-state index is 12.3. The van der Waals surface area contributed by atoms with Gasteiger partial charge in [-0.25, -0.2) is 4.79 Å². The maximum Gasteiger partial charge on any atom is 0.349 e. The molecule has 0 bridgehead atoms. The van der Waals surface area contributed by atoms with Gasteiger partial charge in [-0.2, -0.15) is 5.26 Å². The number of carbonyl (C=O) groups excluding carboxylic acids is 1. The van der Waals surface area contributed by atoms with Gasteiger partial charge in [-0.15, -0.1) is 0 Å². The van der Waals surface area contributed by atoms with E-state index >= 15 is 0 Å². The van der Waals surface area contributed by atoms with Crippen LogP contribution in [-0.2, 0) is 4.79 Å². The molecule has 0 amide bonds. The number of nitrogens with two attached hydrogens (primary N) is 1. The lowest BCUT2D eigenvalue weighted by Gasteiger charge is -2.27. The van der Waals surface area contributed by atoms with E-state index in [0.29, 0.717) is 23.7 Å². The number of rotatable bonds is 9. The summed E-state index contributed by atoms with van der Waals surface area (Å²) in [5.74, 6) is 0.297. The van der Waals surface area contributed by atoms with Crippen LogP contribution in [-0.4, -0.2) is 24.1 Å². The highest BCUT2D eigenvalue weighted by atomic mass is 16.6. The smallest absolute Gasteiger partial charge is 0.349 e. The molecule has 37 heavy (non-hydrogen) atoms. The number of allylic oxidation sites excluding steroid dienone is 1. The van der Waals surface area contributed by atoms with Crippen LogP contribution in [0.4, 0.5) is 5.69 Å². The summed E-state index contributed by atoms with van der Waals surface area (Å²) < 4.78 is 22.1. The normalized spacial score (nSPS) is 14.1. The first-order valence-electron chi connectivity index (χ1n) is 11.4. The van der Waals surface area contributed by atoms with E-state index in [9.17, 15) is 20.2 Å². The monoisotopic (exact) mass is 501 g/mol. The quantitative estimate of drug-likeness (QED) is 0.192. The number of nitro groups is 1. The molecule has 1 unspecified atom stereocenters. The van der Waals surface area contributed by atoms with Gasteiger partial charge in [0.05, 0.1) is 17.4 Å². The number of carbonyl (C=O) groups is 1. The molecular weight excluding hydrogens is 478 g/mol. The van der Waals surface area contributed by atoms with Gasteiger partial charge < -0.3 is 24.7 Å². The first kappa shape index (κ1) is 25.1. The lowest BCUT2D eigenvalue weighted by molar-refractivity contribution is -0.384. The van der Waals surface area contributed by atoms with Gasteiger partial charge in [-0.3, -0.25) is 10.1 Å². The summed E-state index contributed by atoms with van der Waals surface area (Å²) >= 11 is 0. The van der Waals surface area contributed by atoms with Crippen LogP contribution in [0.1, 0.15) is 30.4 Å². The number of fused-ring (bicyclic) bond motifs is 1. The molecule has 188 valence electrons. The maximum atomic E-state index is 12.3. The number of ether oxygens (including phenoxy) is 4. The van der Waals surface area contributed by atoms with E-state index in [4.69, 9.17) is 24.7 Å². The highest BCUT2D eigenvalue weighted by molar-refractivity contribution is 5.74. The molecule has 0 spiro atoms. The van der Waals surface area contributed by atoms with E-state index in [-0.39, 0.29) is 28.6 Å². The summed E-state index contributed by atoms with van der Waals surface area (Å²) in [5, 5.41) is 20.5. The summed E-state index contributed by atoms with van der Waals surface area (Å²) in [6.07, 6.45) is 0.862. The lowest BCUT2D eigenvalue weighted by Crippen LogP contribution is -2.21. The molecule has 1 aliphatic heterocycles. The zero-order valence-electron chi connectivity index (χ0n) is 19.9. The van der Waals surface area contributed by atoms with Crippen molar-refractivity contribution in [3.05, 3.63) is 99.4 Å². The van der Waals surface area contributed by atoms with Gasteiger partial charge in [0.15, 0.2) is 6.61 Å². The largest absolute Gasteiger partial charge is 0.494 e. The Morgan fingerprint density at radius 1 is 1.08 bits per heavy atom. The molecule has 0 saturated carbocycles. The molecule has 0 fully saturated rings. The zero-order valence-corrected chi connectivity index (χ0v) is 19.9. The minimum atomic E-state index is -0.687. The Labute approximate surface area is 212 Å². The van der Waals surface area contributed by atoms with Gasteiger partial charge in [0.25, 0.3) is 5.69 Å². The van der Waals surface area contributed by atoms with E-state index in [1.807, 2.05) is 31.2 Å². The van der Waals surface area contributed by atoms with E-state index < -0.39 is 23.4 Å². The second-order valence-electron chi connectivity index (χ2n) is 8.06. The zero-order chi connectivity index (χ0) is 26.4. The third-order valence-electron chi connectivity index (χ3n) is 5.49. The van der Waals surface area contributed by atoms with Gasteiger partial charge in [0.1, 0.15) is 34.6 Å². The Kier molecular flexibility index (Phi) is 7.54. The molecular formula is C27H23N3O7. The van der Waals surface area contributed by atoms with Crippen molar-refractivity contribution in [1.29, 1.82) is 5.26 Å². The summed E-state index contributed by atoms with van der Waals surface area (Å²) in [5.41, 5.74) is 7.74. The predicted molar refractivity (Wildman–Crippen MR) is 132 cm³/mol. The topological polar surface area (TPSA) is 147 Å². The molecule has 1 heterocycles. The van der Waals surface area contributed by atoms with E-state index in [2.05, 4.69) is 6.07 Å². The number of nitrogens with zero attached hydrogens (tertiary/aromatic N) is 2. The molecule has 2 N–H and O–H groups in total. The number of non-ortho nitro benzene ring substituents is 1. The minimum absolute atomic E-state index is 0.0372. The molecule has 0 aliphatic carbocycles. The van der Waals surface area contributed by atoms with Gasteiger partial charge in [-0.05, 0) is 42.3 Å². The van der Waals surface area contributed by atoms with E-state index in [1.165, 1.54) is 30.3 Å². The van der Waals surface area contributed by atoms with Crippen molar-refractivity contribution in [1.82, 2.24) is 0 Å². The van der Waals surface area contributed by atoms with Crippen molar-refractivity contribution in [2.45, 2.75) is 19.3 Å². The Balaban J connectivity index is 1.51. The Morgan fingerprint density at radius 3 is 2.54 bits per heavy atom. The summed E-state index contributed by atoms with van der Waals surface area (Å²) in [6, 6.07) is 19.7. The lowest BCUT2D eigenvalue weighted by atomic mass is 9.83. The van der Waals surface area contributed by atoms with Crippen LogP contribution in [0.2, 0.25) is 0 Å². The molecule has 0 aromatic heterocycles. The van der Waals surface area contributed by atoms with Gasteiger partial charge in [0.2, 0.25) is 5.88 Å². The number of nitriles is 1. The average molecular weight is 501 g/mol. The fourth-order valence-electron chi connectivity index (χ4n) is 3.81. The third kappa shape index (κ3) is 5.79. The Bertz CT molecular complexity index is 1390. The third-order valence-corrected chi connectivity index (χ3v) is 5.49. The van der Waals surface area contributed by atoms with Gasteiger partial charge >= 0.3 is 5.97 Å². The average Bonchev–Trinajstić information content (AvgIpc) is 2.90. The minimum Gasteiger partial charge on any atom is -0.494 e. The number of hydrogen-bond acceptors (Lipinski definition) is 9. The number of benzene rings is 3. The second kappa shape index (κ2) is 11.1. The highest BCUT2D eigenvalue weighted by Crippen LogP contribution is 2.44. The summed E-state index contributed by atoms with van der Waals surface area (Å²) in [4.78, 5) is 22.5. The molecule has 3 aromatic carbocycles. The fraction of sp³-hybridized carbons (Fsp3) is 0.185. The van der Waals surface area contributed by atoms with Crippen LogP contribution in [0.5, 0.6) is 23.0 Å². The van der Waals surface area contributed by atoms with Crippen LogP contribution in [0.25, 0.3) is 0 Å². The van der Waals surface area contributed by atoms with Crippen molar-refractivity contribution < 1.29 is 28.7 Å². The molecule has 4 rings (SSSR count). The van der Waals surface area contributed by atoms with Gasteiger partial charge in [0, 0.05) is 23.8 Å². The van der Waals surface area contributed by atoms with Crippen LogP contribution >= 0.6 is 0 Å². The highest BCUT2D eigenvalue weighted by Gasteiger charge is 2.31. The van der Waals surface area contributed by atoms with Crippen molar-refractivity contribution in [2.75, 3.05) is 13.2 Å². The van der Waals surface area contributed by atoms with Crippen molar-refractivity contribution in [3.8, 4) is 29.1 Å². The standard InChI is InChI=1S/C27H23N3O7/c1-2-12-34-20-5-3-4-17(13-20)26-22-11-10-21(14-24(22)37-27(29)23(26)15-28)36-25(31)16-35-19-8-6-18(7-9-19)30(32)33/h3-11,13-14,26H,2,12,16,29H2,1H3. The van der Waals surface area contributed by atoms with Crippen LogP contribution < -0.4 is 24.7 Å². The fourth-order valence-corrected chi connectivity index (χ4v) is 3.81. The summed E-state index contributed by atoms with van der Waals surface area (Å²) in [6.45, 7) is 2.17. The molecule has 10 nitrogen and oxygen atoms in total. The predicted octanol–water partition coefficient (Wildman–Crippen LogP) is 4.59. The van der Waals surface area contributed by atoms with Gasteiger partial charge in [-0.1, -0.05) is 25.1 Å².